The Labute approximate surface area is 245 Å². The smallest absolute Gasteiger partial charge is 0.336 e. The molecule has 0 radical (unpaired) electrons. The predicted octanol–water partition coefficient (Wildman–Crippen LogP) is 3.38. The molecule has 0 bridgehead atoms. The van der Waals surface area contributed by atoms with Gasteiger partial charge in [0.15, 0.2) is 5.60 Å². The lowest BCUT2D eigenvalue weighted by Gasteiger charge is -2.18. The molecule has 1 heterocycles. The average molecular weight is 604 g/mol. The third-order valence-electron chi connectivity index (χ3n) is 6.28. The fraction of sp³-hybridized carbons (Fsp3) is 0.333. The first kappa shape index (κ1) is 34.6. The summed E-state index contributed by atoms with van der Waals surface area (Å²) < 4.78 is 15.6. The van der Waals surface area contributed by atoms with Gasteiger partial charge in [0.1, 0.15) is 5.82 Å². The number of aliphatic hydroxyl groups is 3. The van der Waals surface area contributed by atoms with Crippen LogP contribution in [0.3, 0.4) is 0 Å². The van der Waals surface area contributed by atoms with E-state index in [1.165, 1.54) is 12.1 Å². The number of hydrogen-bond acceptors (Lipinski definition) is 7. The molecular weight excluding hydrogens is 569 g/mol. The van der Waals surface area contributed by atoms with Gasteiger partial charge in [-0.1, -0.05) is 36.4 Å². The summed E-state index contributed by atoms with van der Waals surface area (Å²) >= 11 is 0. The molecule has 0 fully saturated rings. The number of hydrogen-bond donors (Lipinski definition) is 7. The molecule has 232 valence electrons. The van der Waals surface area contributed by atoms with Gasteiger partial charge in [-0.25, -0.2) is 9.18 Å². The highest BCUT2D eigenvalue weighted by Gasteiger charge is 2.40. The van der Waals surface area contributed by atoms with E-state index in [1.807, 2.05) is 24.3 Å². The van der Waals surface area contributed by atoms with Gasteiger partial charge in [0.25, 0.3) is 0 Å². The molecule has 2 aromatic carbocycles. The first-order valence-corrected chi connectivity index (χ1v) is 13.1. The molecule has 1 aromatic heterocycles. The van der Waals surface area contributed by atoms with E-state index in [0.29, 0.717) is 0 Å². The Morgan fingerprint density at radius 1 is 0.884 bits per heavy atom. The van der Waals surface area contributed by atoms with Crippen molar-refractivity contribution >= 4 is 40.9 Å². The third-order valence-corrected chi connectivity index (χ3v) is 6.28. The zero-order chi connectivity index (χ0) is 32.5. The zero-order valence-electron chi connectivity index (χ0n) is 23.4. The van der Waals surface area contributed by atoms with Crippen molar-refractivity contribution in [3.63, 3.8) is 0 Å². The molecule has 0 aliphatic heterocycles. The van der Waals surface area contributed by atoms with Gasteiger partial charge in [-0.2, -0.15) is 0 Å². The maximum atomic E-state index is 13.5. The number of carbonyl (C=O) groups is 4. The van der Waals surface area contributed by atoms with E-state index < -0.39 is 60.9 Å². The summed E-state index contributed by atoms with van der Waals surface area (Å²) in [5.74, 6) is -6.45. The molecule has 13 heteroatoms. The molecule has 2 atom stereocenters. The molecule has 0 saturated heterocycles. The Kier molecular flexibility index (Phi) is 12.1. The first-order valence-electron chi connectivity index (χ1n) is 13.1. The monoisotopic (exact) mass is 603 g/mol. The minimum absolute atomic E-state index is 0.0728. The normalized spacial score (nSPS) is 13.0. The number of rotatable bonds is 13. The summed E-state index contributed by atoms with van der Waals surface area (Å²) in [6.07, 6.45) is -1.56. The number of benzene rings is 2. The fourth-order valence-electron chi connectivity index (χ4n) is 4.48. The Hall–Kier alpha value is -4.59. The highest BCUT2D eigenvalue weighted by molar-refractivity contribution is 6.01. The van der Waals surface area contributed by atoms with Crippen LogP contribution in [0, 0.1) is 5.82 Å². The molecule has 0 amide bonds. The number of halogens is 1. The summed E-state index contributed by atoms with van der Waals surface area (Å²) in [5, 5.41) is 63.7. The lowest BCUT2D eigenvalue weighted by Crippen LogP contribution is -2.42. The zero-order valence-corrected chi connectivity index (χ0v) is 23.4. The standard InChI is InChI=1S/C24H26FNO4.C6H8O7/c1-15(2)26-21-6-4-3-5-20(21)24(16-7-9-17(25)10-8-16)22(26)12-11-18(27)13-19(28)14-23(29)30;7-3(8)1-6(13,5(11)12)2-4(9)10/h3-12,15,18-19,27-28H,13-14H2,1-2H3,(H,29,30);13H,1-2H2,(H,7,8)(H,9,10)(H,11,12)/b12-11+;/t18-,19-;/m1./s1. The molecule has 43 heavy (non-hydrogen) atoms. The maximum Gasteiger partial charge on any atom is 0.336 e. The lowest BCUT2D eigenvalue weighted by atomic mass is 9.96. The topological polar surface area (TPSA) is 215 Å². The van der Waals surface area contributed by atoms with Crippen LogP contribution in [0.2, 0.25) is 0 Å². The second-order valence-corrected chi connectivity index (χ2v) is 10.1. The molecular formula is C30H34FNO11. The number of carboxylic acid groups (broad SMARTS) is 4. The van der Waals surface area contributed by atoms with Crippen LogP contribution in [0.15, 0.2) is 54.6 Å². The van der Waals surface area contributed by atoms with Crippen LogP contribution in [-0.2, 0) is 19.2 Å². The van der Waals surface area contributed by atoms with Crippen LogP contribution in [0.1, 0.15) is 51.3 Å². The van der Waals surface area contributed by atoms with Gasteiger partial charge in [-0.05, 0) is 43.7 Å². The molecule has 0 aliphatic carbocycles. The highest BCUT2D eigenvalue weighted by Crippen LogP contribution is 2.38. The quantitative estimate of drug-likeness (QED) is 0.150. The molecule has 3 aromatic rings. The predicted molar refractivity (Wildman–Crippen MR) is 153 cm³/mol. The summed E-state index contributed by atoms with van der Waals surface area (Å²) in [4.78, 5) is 41.2. The minimum Gasteiger partial charge on any atom is -0.481 e. The van der Waals surface area contributed by atoms with Gasteiger partial charge in [-0.3, -0.25) is 14.4 Å². The van der Waals surface area contributed by atoms with Crippen LogP contribution in [-0.4, -0.2) is 82.0 Å². The molecule has 0 unspecified atom stereocenters. The number of fused-ring (bicyclic) bond motifs is 1. The van der Waals surface area contributed by atoms with Gasteiger partial charge in [0, 0.05) is 34.6 Å². The van der Waals surface area contributed by atoms with E-state index in [9.17, 15) is 33.8 Å². The van der Waals surface area contributed by atoms with E-state index in [0.717, 1.165) is 27.7 Å². The van der Waals surface area contributed by atoms with E-state index in [2.05, 4.69) is 18.4 Å². The number of aliphatic hydroxyl groups excluding tert-OH is 2. The summed E-state index contributed by atoms with van der Waals surface area (Å²) in [6, 6.07) is 14.4. The fourth-order valence-corrected chi connectivity index (χ4v) is 4.48. The van der Waals surface area contributed by atoms with Gasteiger partial charge >= 0.3 is 23.9 Å². The van der Waals surface area contributed by atoms with Crippen molar-refractivity contribution < 1.29 is 59.3 Å². The average Bonchev–Trinajstić information content (AvgIpc) is 3.21. The van der Waals surface area contributed by atoms with E-state index >= 15 is 0 Å². The Bertz CT molecular complexity index is 1460. The molecule has 12 nitrogen and oxygen atoms in total. The Morgan fingerprint density at radius 2 is 1.44 bits per heavy atom. The Morgan fingerprint density at radius 3 is 1.93 bits per heavy atom. The molecule has 0 spiro atoms. The maximum absolute atomic E-state index is 13.5. The Balaban J connectivity index is 0.000000420. The lowest BCUT2D eigenvalue weighted by molar-refractivity contribution is -0.170. The van der Waals surface area contributed by atoms with Crippen LogP contribution in [0.25, 0.3) is 28.1 Å². The molecule has 0 aliphatic rings. The van der Waals surface area contributed by atoms with Crippen molar-refractivity contribution in [3.05, 3.63) is 66.1 Å². The van der Waals surface area contributed by atoms with Gasteiger partial charge in [0.2, 0.25) is 0 Å². The highest BCUT2D eigenvalue weighted by atomic mass is 19.1. The number of nitrogens with zero attached hydrogens (tertiary/aromatic N) is 1. The van der Waals surface area contributed by atoms with Gasteiger partial charge in [0.05, 0.1) is 31.5 Å². The summed E-state index contributed by atoms with van der Waals surface area (Å²) in [6.45, 7) is 4.12. The molecule has 7 N–H and O–H groups in total. The van der Waals surface area contributed by atoms with Crippen LogP contribution < -0.4 is 0 Å². The van der Waals surface area contributed by atoms with Crippen molar-refractivity contribution in [1.82, 2.24) is 4.57 Å². The number of para-hydroxylation sites is 1. The van der Waals surface area contributed by atoms with Crippen molar-refractivity contribution in [3.8, 4) is 11.1 Å². The summed E-state index contributed by atoms with van der Waals surface area (Å²) in [7, 11) is 0. The minimum atomic E-state index is -2.74. The van der Waals surface area contributed by atoms with Crippen molar-refractivity contribution in [2.45, 2.75) is 63.4 Å². The number of aliphatic carboxylic acids is 4. The van der Waals surface area contributed by atoms with Crippen LogP contribution in [0.5, 0.6) is 0 Å². The molecule has 0 saturated carbocycles. The largest absolute Gasteiger partial charge is 0.481 e. The number of carboxylic acids is 4. The van der Waals surface area contributed by atoms with Crippen molar-refractivity contribution in [2.24, 2.45) is 0 Å². The van der Waals surface area contributed by atoms with Crippen molar-refractivity contribution in [2.75, 3.05) is 0 Å². The van der Waals surface area contributed by atoms with Gasteiger partial charge < -0.3 is 40.3 Å². The van der Waals surface area contributed by atoms with Crippen molar-refractivity contribution in [1.29, 1.82) is 0 Å². The second-order valence-electron chi connectivity index (χ2n) is 10.1. The van der Waals surface area contributed by atoms with Crippen LogP contribution in [0.4, 0.5) is 4.39 Å². The third kappa shape index (κ3) is 9.74. The van der Waals surface area contributed by atoms with E-state index in [-0.39, 0.29) is 18.3 Å². The van der Waals surface area contributed by atoms with E-state index in [1.54, 1.807) is 24.3 Å². The second kappa shape index (κ2) is 15.0. The van der Waals surface area contributed by atoms with Gasteiger partial charge in [-0.15, -0.1) is 0 Å². The summed E-state index contributed by atoms with van der Waals surface area (Å²) in [5.41, 5.74) is 0.912. The van der Waals surface area contributed by atoms with Crippen LogP contribution >= 0.6 is 0 Å². The van der Waals surface area contributed by atoms with E-state index in [4.69, 9.17) is 25.5 Å². The molecule has 3 rings (SSSR count). The SMILES string of the molecule is CC(C)n1c(/C=C/[C@@H](O)C[C@@H](O)CC(=O)O)c(-c2ccc(F)cc2)c2ccccc21.O=C(O)CC(O)(CC(=O)O)C(=O)O. The number of aromatic nitrogens is 1. The first-order chi connectivity index (χ1) is 20.1.